The number of hydrazine groups is 1. The number of hydrogen-bond donors (Lipinski definition) is 1. The first-order valence-electron chi connectivity index (χ1n) is 10.3. The SMILES string of the molecule is COc1cc(Br)cc(/C=C2\C(=O)NN(c3ccccc3)C2=O)c1OCC(=O)N1CCOCC1. The number of benzene rings is 2. The largest absolute Gasteiger partial charge is 0.493 e. The van der Waals surface area contributed by atoms with E-state index in [1.165, 1.54) is 18.2 Å². The molecule has 2 aromatic carbocycles. The standard InChI is InChI=1S/C23H22BrN3O6/c1-31-19-13-16(24)11-15(21(19)33-14-20(28)26-7-9-32-10-8-26)12-18-22(29)25-27(23(18)30)17-5-3-2-4-6-17/h2-6,11-13H,7-10,14H2,1H3,(H,25,29)/b18-12+. The number of methoxy groups -OCH3 is 1. The average Bonchev–Trinajstić information content (AvgIpc) is 3.12. The van der Waals surface area contributed by atoms with E-state index in [2.05, 4.69) is 21.4 Å². The maximum Gasteiger partial charge on any atom is 0.282 e. The van der Waals surface area contributed by atoms with Gasteiger partial charge in [0.2, 0.25) is 0 Å². The van der Waals surface area contributed by atoms with Gasteiger partial charge in [0, 0.05) is 23.1 Å². The fourth-order valence-electron chi connectivity index (χ4n) is 3.51. The number of nitrogens with one attached hydrogen (secondary N) is 1. The Kier molecular flexibility index (Phi) is 6.95. The first kappa shape index (κ1) is 22.8. The summed E-state index contributed by atoms with van der Waals surface area (Å²) < 4.78 is 17.2. The molecule has 0 atom stereocenters. The van der Waals surface area contributed by atoms with Gasteiger partial charge in [-0.15, -0.1) is 0 Å². The van der Waals surface area contributed by atoms with Crippen molar-refractivity contribution >= 4 is 45.4 Å². The van der Waals surface area contributed by atoms with Gasteiger partial charge in [-0.3, -0.25) is 19.8 Å². The second kappa shape index (κ2) is 10.1. The summed E-state index contributed by atoms with van der Waals surface area (Å²) in [6, 6.07) is 12.2. The van der Waals surface area contributed by atoms with Gasteiger partial charge in [0.15, 0.2) is 18.1 Å². The number of amides is 3. The predicted molar refractivity (Wildman–Crippen MR) is 124 cm³/mol. The minimum absolute atomic E-state index is 0.0663. The van der Waals surface area contributed by atoms with Crippen LogP contribution in [0.4, 0.5) is 5.69 Å². The first-order valence-corrected chi connectivity index (χ1v) is 11.1. The Hall–Kier alpha value is -3.37. The molecule has 2 aliphatic rings. The Morgan fingerprint density at radius 3 is 2.61 bits per heavy atom. The third-order valence-corrected chi connectivity index (χ3v) is 5.64. The first-order chi connectivity index (χ1) is 16.0. The summed E-state index contributed by atoms with van der Waals surface area (Å²) in [5, 5.41) is 1.19. The highest BCUT2D eigenvalue weighted by Crippen LogP contribution is 2.37. The monoisotopic (exact) mass is 515 g/mol. The number of anilines is 1. The Morgan fingerprint density at radius 1 is 1.18 bits per heavy atom. The van der Waals surface area contributed by atoms with Crippen molar-refractivity contribution in [2.24, 2.45) is 0 Å². The molecule has 33 heavy (non-hydrogen) atoms. The average molecular weight is 516 g/mol. The van der Waals surface area contributed by atoms with Gasteiger partial charge in [0.25, 0.3) is 17.7 Å². The van der Waals surface area contributed by atoms with Crippen molar-refractivity contribution in [3.05, 3.63) is 58.1 Å². The molecule has 0 bridgehead atoms. The van der Waals surface area contributed by atoms with Crippen LogP contribution in [0.1, 0.15) is 5.56 Å². The lowest BCUT2D eigenvalue weighted by atomic mass is 10.1. The zero-order valence-electron chi connectivity index (χ0n) is 17.9. The van der Waals surface area contributed by atoms with Gasteiger partial charge in [0.1, 0.15) is 5.57 Å². The Labute approximate surface area is 199 Å². The summed E-state index contributed by atoms with van der Waals surface area (Å²) in [7, 11) is 1.47. The molecule has 9 nitrogen and oxygen atoms in total. The molecule has 3 amide bonds. The summed E-state index contributed by atoms with van der Waals surface area (Å²) in [5.41, 5.74) is 3.46. The minimum atomic E-state index is -0.543. The van der Waals surface area contributed by atoms with Crippen molar-refractivity contribution in [2.45, 2.75) is 0 Å². The fraction of sp³-hybridized carbons (Fsp3) is 0.261. The van der Waals surface area contributed by atoms with E-state index < -0.39 is 11.8 Å². The zero-order chi connectivity index (χ0) is 23.4. The van der Waals surface area contributed by atoms with E-state index in [0.717, 1.165) is 0 Å². The molecule has 0 unspecified atom stereocenters. The summed E-state index contributed by atoms with van der Waals surface area (Å²) in [6.45, 7) is 1.76. The number of hydrogen-bond acceptors (Lipinski definition) is 6. The third kappa shape index (κ3) is 5.01. The molecule has 4 rings (SSSR count). The van der Waals surface area contributed by atoms with E-state index in [1.807, 2.05) is 6.07 Å². The topological polar surface area (TPSA) is 97.4 Å². The highest BCUT2D eigenvalue weighted by atomic mass is 79.9. The van der Waals surface area contributed by atoms with Gasteiger partial charge >= 0.3 is 0 Å². The van der Waals surface area contributed by atoms with Gasteiger partial charge in [-0.1, -0.05) is 34.1 Å². The van der Waals surface area contributed by atoms with Crippen LogP contribution in [0.15, 0.2) is 52.5 Å². The molecule has 0 aromatic heterocycles. The highest BCUT2D eigenvalue weighted by Gasteiger charge is 2.35. The number of halogens is 1. The van der Waals surface area contributed by atoms with Crippen LogP contribution in [0.5, 0.6) is 11.5 Å². The Morgan fingerprint density at radius 2 is 1.91 bits per heavy atom. The van der Waals surface area contributed by atoms with Crippen molar-refractivity contribution in [3.8, 4) is 11.5 Å². The number of carbonyl (C=O) groups is 3. The Bertz CT molecular complexity index is 1100. The van der Waals surface area contributed by atoms with Crippen molar-refractivity contribution in [3.63, 3.8) is 0 Å². The summed E-state index contributed by atoms with van der Waals surface area (Å²) in [6.07, 6.45) is 1.43. The molecule has 2 saturated heterocycles. The van der Waals surface area contributed by atoms with E-state index in [9.17, 15) is 14.4 Å². The van der Waals surface area contributed by atoms with Crippen LogP contribution in [-0.4, -0.2) is 62.6 Å². The number of nitrogens with zero attached hydrogens (tertiary/aromatic N) is 2. The fourth-order valence-corrected chi connectivity index (χ4v) is 3.97. The number of morpholine rings is 1. The second-order valence-corrected chi connectivity index (χ2v) is 8.20. The molecule has 2 aliphatic heterocycles. The lowest BCUT2D eigenvalue weighted by Gasteiger charge is -2.27. The van der Waals surface area contributed by atoms with E-state index in [1.54, 1.807) is 41.3 Å². The smallest absolute Gasteiger partial charge is 0.282 e. The molecule has 0 radical (unpaired) electrons. The van der Waals surface area contributed by atoms with Gasteiger partial charge < -0.3 is 19.1 Å². The van der Waals surface area contributed by atoms with Crippen LogP contribution >= 0.6 is 15.9 Å². The van der Waals surface area contributed by atoms with Gasteiger partial charge in [-0.2, -0.15) is 0 Å². The van der Waals surface area contributed by atoms with Crippen LogP contribution in [0.3, 0.4) is 0 Å². The zero-order valence-corrected chi connectivity index (χ0v) is 19.5. The molecule has 172 valence electrons. The minimum Gasteiger partial charge on any atom is -0.493 e. The van der Waals surface area contributed by atoms with E-state index >= 15 is 0 Å². The number of rotatable bonds is 6. The molecular weight excluding hydrogens is 494 g/mol. The normalized spacial score (nSPS) is 17.3. The number of carbonyl (C=O) groups excluding carboxylic acids is 3. The highest BCUT2D eigenvalue weighted by molar-refractivity contribution is 9.10. The summed E-state index contributed by atoms with van der Waals surface area (Å²) in [4.78, 5) is 39.8. The lowest BCUT2D eigenvalue weighted by Crippen LogP contribution is -2.43. The van der Waals surface area contributed by atoms with E-state index in [-0.39, 0.29) is 23.8 Å². The predicted octanol–water partition coefficient (Wildman–Crippen LogP) is 2.16. The van der Waals surface area contributed by atoms with Gasteiger partial charge in [-0.05, 0) is 30.3 Å². The molecule has 0 saturated carbocycles. The van der Waals surface area contributed by atoms with E-state index in [4.69, 9.17) is 14.2 Å². The number of para-hydroxylation sites is 1. The van der Waals surface area contributed by atoms with Crippen LogP contribution in [0.25, 0.3) is 6.08 Å². The molecule has 0 aliphatic carbocycles. The molecule has 0 spiro atoms. The van der Waals surface area contributed by atoms with Gasteiger partial charge in [0.05, 0.1) is 26.0 Å². The molecule has 10 heteroatoms. The molecule has 2 aromatic rings. The molecular formula is C23H22BrN3O6. The van der Waals surface area contributed by atoms with E-state index in [0.29, 0.717) is 47.8 Å². The van der Waals surface area contributed by atoms with Crippen molar-refractivity contribution < 1.29 is 28.6 Å². The lowest BCUT2D eigenvalue weighted by molar-refractivity contribution is -0.137. The van der Waals surface area contributed by atoms with Crippen LogP contribution < -0.4 is 19.9 Å². The quantitative estimate of drug-likeness (QED) is 0.467. The van der Waals surface area contributed by atoms with Crippen LogP contribution in [-0.2, 0) is 19.1 Å². The van der Waals surface area contributed by atoms with Crippen molar-refractivity contribution in [1.82, 2.24) is 10.3 Å². The third-order valence-electron chi connectivity index (χ3n) is 5.18. The molecule has 2 fully saturated rings. The van der Waals surface area contributed by atoms with Crippen LogP contribution in [0, 0.1) is 0 Å². The second-order valence-electron chi connectivity index (χ2n) is 7.28. The van der Waals surface area contributed by atoms with Crippen molar-refractivity contribution in [2.75, 3.05) is 45.0 Å². The maximum atomic E-state index is 13.0. The van der Waals surface area contributed by atoms with Crippen LogP contribution in [0.2, 0.25) is 0 Å². The van der Waals surface area contributed by atoms with Gasteiger partial charge in [-0.25, -0.2) is 5.01 Å². The number of ether oxygens (including phenoxy) is 3. The molecule has 1 N–H and O–H groups in total. The summed E-state index contributed by atoms with van der Waals surface area (Å²) >= 11 is 3.41. The maximum absolute atomic E-state index is 13.0. The summed E-state index contributed by atoms with van der Waals surface area (Å²) in [5.74, 6) is -0.615. The molecule has 2 heterocycles. The van der Waals surface area contributed by atoms with Crippen molar-refractivity contribution in [1.29, 1.82) is 0 Å². The Balaban J connectivity index is 1.62.